The number of benzene rings is 2. The summed E-state index contributed by atoms with van der Waals surface area (Å²) in [7, 11) is -4.10. The quantitative estimate of drug-likeness (QED) is 0.541. The van der Waals surface area contributed by atoms with Gasteiger partial charge in [0.25, 0.3) is 10.0 Å². The van der Waals surface area contributed by atoms with Gasteiger partial charge in [-0.3, -0.25) is 9.78 Å². The molecule has 2 aromatic carbocycles. The van der Waals surface area contributed by atoms with Crippen molar-refractivity contribution in [1.29, 1.82) is 0 Å². The first-order chi connectivity index (χ1) is 13.1. The number of nitrogens with zero attached hydrogens (tertiary/aromatic N) is 1. The van der Waals surface area contributed by atoms with E-state index in [9.17, 15) is 17.6 Å². The molecule has 0 radical (unpaired) electrons. The first-order valence-electron chi connectivity index (χ1n) is 8.15. The van der Waals surface area contributed by atoms with Crippen molar-refractivity contribution >= 4 is 54.5 Å². The molecule has 146 valence electrons. The van der Waals surface area contributed by atoms with Gasteiger partial charge in [-0.05, 0) is 62.4 Å². The number of halogens is 2. The average Bonchev–Trinajstić information content (AvgIpc) is 2.62. The van der Waals surface area contributed by atoms with Crippen molar-refractivity contribution in [2.24, 2.45) is 0 Å². The molecule has 0 aliphatic rings. The molecule has 0 atom stereocenters. The van der Waals surface area contributed by atoms with Crippen LogP contribution in [0.4, 0.5) is 4.39 Å². The SMILES string of the molecule is CC(C)(Sc1ccnc2ccc(Br)cc12)C(=O)NS(=O)(=O)c1ccc(F)cc1. The highest BCUT2D eigenvalue weighted by atomic mass is 79.9. The molecule has 0 aliphatic carbocycles. The predicted molar refractivity (Wildman–Crippen MR) is 111 cm³/mol. The Hall–Kier alpha value is -1.97. The van der Waals surface area contributed by atoms with Crippen LogP contribution >= 0.6 is 27.7 Å². The number of hydrogen-bond acceptors (Lipinski definition) is 5. The number of hydrogen-bond donors (Lipinski definition) is 1. The topological polar surface area (TPSA) is 76.1 Å². The summed E-state index contributed by atoms with van der Waals surface area (Å²) in [5.74, 6) is -1.24. The number of carbonyl (C=O) groups excluding carboxylic acids is 1. The van der Waals surface area contributed by atoms with Gasteiger partial charge in [-0.25, -0.2) is 17.5 Å². The first kappa shape index (κ1) is 20.8. The van der Waals surface area contributed by atoms with Gasteiger partial charge in [0, 0.05) is 21.0 Å². The Morgan fingerprint density at radius 3 is 2.50 bits per heavy atom. The molecule has 1 amide bonds. The summed E-state index contributed by atoms with van der Waals surface area (Å²) < 4.78 is 39.7. The number of fused-ring (bicyclic) bond motifs is 1. The van der Waals surface area contributed by atoms with Gasteiger partial charge >= 0.3 is 0 Å². The molecule has 0 bridgehead atoms. The Morgan fingerprint density at radius 2 is 1.82 bits per heavy atom. The van der Waals surface area contributed by atoms with E-state index in [1.54, 1.807) is 26.1 Å². The van der Waals surface area contributed by atoms with Gasteiger partial charge in [0.1, 0.15) is 5.82 Å². The van der Waals surface area contributed by atoms with Crippen molar-refractivity contribution in [1.82, 2.24) is 9.71 Å². The van der Waals surface area contributed by atoms with Gasteiger partial charge in [-0.2, -0.15) is 0 Å². The van der Waals surface area contributed by atoms with Crippen LogP contribution < -0.4 is 4.72 Å². The molecule has 0 fully saturated rings. The second kappa shape index (κ2) is 7.81. The monoisotopic (exact) mass is 482 g/mol. The Kier molecular flexibility index (Phi) is 5.79. The van der Waals surface area contributed by atoms with Crippen LogP contribution in [0.3, 0.4) is 0 Å². The number of thioether (sulfide) groups is 1. The van der Waals surface area contributed by atoms with Crippen molar-refractivity contribution in [2.45, 2.75) is 28.4 Å². The lowest BCUT2D eigenvalue weighted by Gasteiger charge is -2.23. The minimum absolute atomic E-state index is 0.179. The van der Waals surface area contributed by atoms with E-state index >= 15 is 0 Å². The molecule has 5 nitrogen and oxygen atoms in total. The van der Waals surface area contributed by atoms with Gasteiger partial charge in [0.2, 0.25) is 5.91 Å². The fourth-order valence-corrected chi connectivity index (χ4v) is 5.05. The van der Waals surface area contributed by atoms with Crippen LogP contribution in [0, 0.1) is 5.82 Å². The lowest BCUT2D eigenvalue weighted by Crippen LogP contribution is -2.42. The molecule has 28 heavy (non-hydrogen) atoms. The maximum atomic E-state index is 13.0. The van der Waals surface area contributed by atoms with E-state index in [4.69, 9.17) is 0 Å². The fraction of sp³-hybridized carbons (Fsp3) is 0.158. The second-order valence-electron chi connectivity index (χ2n) is 6.47. The first-order valence-corrected chi connectivity index (χ1v) is 11.2. The van der Waals surface area contributed by atoms with Crippen molar-refractivity contribution in [3.8, 4) is 0 Å². The van der Waals surface area contributed by atoms with E-state index in [0.29, 0.717) is 0 Å². The van der Waals surface area contributed by atoms with Gasteiger partial charge in [-0.15, -0.1) is 11.8 Å². The Labute approximate surface area is 174 Å². The summed E-state index contributed by atoms with van der Waals surface area (Å²) in [6, 6.07) is 11.7. The van der Waals surface area contributed by atoms with Crippen LogP contribution in [0.2, 0.25) is 0 Å². The van der Waals surface area contributed by atoms with E-state index < -0.39 is 26.5 Å². The van der Waals surface area contributed by atoms with Crippen molar-refractivity contribution < 1.29 is 17.6 Å². The average molecular weight is 483 g/mol. The number of carbonyl (C=O) groups is 1. The summed E-state index contributed by atoms with van der Waals surface area (Å²) in [4.78, 5) is 17.6. The van der Waals surface area contributed by atoms with E-state index in [0.717, 1.165) is 44.5 Å². The van der Waals surface area contributed by atoms with Crippen molar-refractivity contribution in [3.63, 3.8) is 0 Å². The third-order valence-electron chi connectivity index (χ3n) is 3.93. The largest absolute Gasteiger partial charge is 0.272 e. The lowest BCUT2D eigenvalue weighted by molar-refractivity contribution is -0.120. The van der Waals surface area contributed by atoms with Crippen LogP contribution in [-0.4, -0.2) is 24.1 Å². The van der Waals surface area contributed by atoms with E-state index in [-0.39, 0.29) is 4.90 Å². The van der Waals surface area contributed by atoms with E-state index in [1.165, 1.54) is 11.8 Å². The highest BCUT2D eigenvalue weighted by Crippen LogP contribution is 2.37. The van der Waals surface area contributed by atoms with Crippen LogP contribution in [0.25, 0.3) is 10.9 Å². The molecule has 0 aliphatic heterocycles. The van der Waals surface area contributed by atoms with Gasteiger partial charge in [0.05, 0.1) is 15.2 Å². The third kappa shape index (κ3) is 4.53. The van der Waals surface area contributed by atoms with Crippen LogP contribution in [0.5, 0.6) is 0 Å². The molecular weight excluding hydrogens is 467 g/mol. The Balaban J connectivity index is 1.86. The van der Waals surface area contributed by atoms with Crippen LogP contribution in [-0.2, 0) is 14.8 Å². The molecule has 9 heteroatoms. The smallest absolute Gasteiger partial charge is 0.264 e. The van der Waals surface area contributed by atoms with E-state index in [2.05, 4.69) is 25.6 Å². The number of nitrogens with one attached hydrogen (secondary N) is 1. The summed E-state index contributed by atoms with van der Waals surface area (Å²) in [6.07, 6.45) is 1.64. The zero-order chi connectivity index (χ0) is 20.5. The maximum absolute atomic E-state index is 13.0. The summed E-state index contributed by atoms with van der Waals surface area (Å²) in [5.41, 5.74) is 0.767. The minimum atomic E-state index is -4.10. The second-order valence-corrected chi connectivity index (χ2v) is 10.7. The lowest BCUT2D eigenvalue weighted by atomic mass is 10.2. The number of pyridine rings is 1. The normalized spacial score (nSPS) is 12.1. The molecule has 1 heterocycles. The van der Waals surface area contributed by atoms with Gasteiger partial charge in [-0.1, -0.05) is 15.9 Å². The van der Waals surface area contributed by atoms with E-state index in [1.807, 2.05) is 18.2 Å². The Bertz CT molecular complexity index is 1150. The van der Waals surface area contributed by atoms with Gasteiger partial charge in [0.15, 0.2) is 0 Å². The summed E-state index contributed by atoms with van der Waals surface area (Å²) >= 11 is 4.66. The molecular formula is C19H16BrFN2O3S2. The molecule has 1 N–H and O–H groups in total. The number of amides is 1. The van der Waals surface area contributed by atoms with Gasteiger partial charge < -0.3 is 0 Å². The third-order valence-corrected chi connectivity index (χ3v) is 7.04. The predicted octanol–water partition coefficient (Wildman–Crippen LogP) is 4.51. The van der Waals surface area contributed by atoms with Crippen LogP contribution in [0.15, 0.2) is 69.0 Å². The maximum Gasteiger partial charge on any atom is 0.264 e. The highest BCUT2D eigenvalue weighted by molar-refractivity contribution is 9.10. The highest BCUT2D eigenvalue weighted by Gasteiger charge is 2.33. The summed E-state index contributed by atoms with van der Waals surface area (Å²) in [5, 5.41) is 0.851. The number of aromatic nitrogens is 1. The zero-order valence-corrected chi connectivity index (χ0v) is 18.2. The molecule has 0 unspecified atom stereocenters. The van der Waals surface area contributed by atoms with Crippen molar-refractivity contribution in [3.05, 3.63) is 65.0 Å². The molecule has 1 aromatic heterocycles. The standard InChI is InChI=1S/C19H16BrFN2O3S2/c1-19(2,18(24)23-28(25,26)14-6-4-13(21)5-7-14)27-17-9-10-22-16-8-3-12(20)11-15(16)17/h3-11H,1-2H3,(H,23,24). The number of rotatable bonds is 5. The molecule has 0 saturated heterocycles. The molecule has 3 aromatic rings. The molecule has 3 rings (SSSR count). The van der Waals surface area contributed by atoms with Crippen molar-refractivity contribution in [2.75, 3.05) is 0 Å². The van der Waals surface area contributed by atoms with Crippen LogP contribution in [0.1, 0.15) is 13.8 Å². The minimum Gasteiger partial charge on any atom is -0.272 e. The Morgan fingerprint density at radius 1 is 1.14 bits per heavy atom. The zero-order valence-electron chi connectivity index (χ0n) is 14.9. The molecule has 0 saturated carbocycles. The summed E-state index contributed by atoms with van der Waals surface area (Å²) in [6.45, 7) is 3.27. The fourth-order valence-electron chi connectivity index (χ4n) is 2.42. The molecule has 0 spiro atoms. The number of sulfonamides is 1.